The third-order valence-electron chi connectivity index (χ3n) is 4.02. The molecule has 0 radical (unpaired) electrons. The summed E-state index contributed by atoms with van der Waals surface area (Å²) in [7, 11) is 0. The molecule has 92 valence electrons. The van der Waals surface area contributed by atoms with E-state index in [-0.39, 0.29) is 17.9 Å². The number of rotatable bonds is 0. The van der Waals surface area contributed by atoms with E-state index in [1.807, 2.05) is 11.8 Å². The summed E-state index contributed by atoms with van der Waals surface area (Å²) in [6.07, 6.45) is 6.54. The van der Waals surface area contributed by atoms with Crippen LogP contribution in [0.3, 0.4) is 0 Å². The fraction of sp³-hybridized carbons (Fsp3) is 0.909. The van der Waals surface area contributed by atoms with Crippen molar-refractivity contribution in [1.82, 2.24) is 10.2 Å². The Morgan fingerprint density at radius 2 is 2.06 bits per heavy atom. The van der Waals surface area contributed by atoms with Crippen LogP contribution in [0, 0.1) is 0 Å². The van der Waals surface area contributed by atoms with Gasteiger partial charge in [0.2, 0.25) is 5.91 Å². The Balaban J connectivity index is 0.000000963. The van der Waals surface area contributed by atoms with Crippen LogP contribution in [0.15, 0.2) is 0 Å². The number of amides is 1. The number of carbonyl (C=O) groups excluding carboxylic acids is 1. The third-order valence-corrected chi connectivity index (χ3v) is 5.45. The van der Waals surface area contributed by atoms with E-state index in [9.17, 15) is 4.79 Å². The molecule has 3 aliphatic rings. The molecule has 2 aliphatic heterocycles. The van der Waals surface area contributed by atoms with Gasteiger partial charge in [-0.05, 0) is 12.8 Å². The number of hydrogen-bond acceptors (Lipinski definition) is 3. The first kappa shape index (κ1) is 12.5. The van der Waals surface area contributed by atoms with Gasteiger partial charge in [-0.15, -0.1) is 24.2 Å². The van der Waals surface area contributed by atoms with Crippen LogP contribution < -0.4 is 5.32 Å². The van der Waals surface area contributed by atoms with Gasteiger partial charge in [0.25, 0.3) is 0 Å². The SMILES string of the molecule is Cl.O=C1CSC2N1CCNC21CCCCC1. The summed E-state index contributed by atoms with van der Waals surface area (Å²) in [6.45, 7) is 1.90. The van der Waals surface area contributed by atoms with Gasteiger partial charge in [0.1, 0.15) is 0 Å². The molecule has 16 heavy (non-hydrogen) atoms. The molecule has 1 unspecified atom stereocenters. The van der Waals surface area contributed by atoms with Crippen LogP contribution in [0.5, 0.6) is 0 Å². The van der Waals surface area contributed by atoms with Crippen LogP contribution in [0.25, 0.3) is 0 Å². The molecule has 3 fully saturated rings. The van der Waals surface area contributed by atoms with Crippen molar-refractivity contribution in [2.45, 2.75) is 43.0 Å². The lowest BCUT2D eigenvalue weighted by molar-refractivity contribution is -0.130. The van der Waals surface area contributed by atoms with Crippen molar-refractivity contribution in [1.29, 1.82) is 0 Å². The molecular formula is C11H19ClN2OS. The van der Waals surface area contributed by atoms with E-state index in [2.05, 4.69) is 10.2 Å². The predicted octanol–water partition coefficient (Wildman–Crippen LogP) is 1.62. The maximum atomic E-state index is 11.7. The number of nitrogens with zero attached hydrogens (tertiary/aromatic N) is 1. The summed E-state index contributed by atoms with van der Waals surface area (Å²) in [6, 6.07) is 0. The summed E-state index contributed by atoms with van der Waals surface area (Å²) in [5.41, 5.74) is 0.257. The van der Waals surface area contributed by atoms with Gasteiger partial charge in [-0.3, -0.25) is 4.79 Å². The molecule has 0 bridgehead atoms. The molecule has 3 rings (SSSR count). The highest BCUT2D eigenvalue weighted by atomic mass is 35.5. The summed E-state index contributed by atoms with van der Waals surface area (Å²) < 4.78 is 0. The lowest BCUT2D eigenvalue weighted by atomic mass is 9.80. The second-order valence-electron chi connectivity index (χ2n) is 4.89. The molecule has 1 aliphatic carbocycles. The number of hydrogen-bond donors (Lipinski definition) is 1. The summed E-state index contributed by atoms with van der Waals surface area (Å²) in [5.74, 6) is 1.06. The molecule has 1 atom stereocenters. The molecular weight excluding hydrogens is 244 g/mol. The molecule has 0 aromatic rings. The van der Waals surface area contributed by atoms with Crippen molar-refractivity contribution in [2.75, 3.05) is 18.8 Å². The molecule has 0 aromatic heterocycles. The number of nitrogens with one attached hydrogen (secondary N) is 1. The molecule has 2 saturated heterocycles. The minimum Gasteiger partial charge on any atom is -0.327 e. The van der Waals surface area contributed by atoms with Gasteiger partial charge in [0, 0.05) is 18.6 Å². The van der Waals surface area contributed by atoms with Crippen molar-refractivity contribution >= 4 is 30.1 Å². The van der Waals surface area contributed by atoms with Gasteiger partial charge in [-0.2, -0.15) is 0 Å². The van der Waals surface area contributed by atoms with Crippen molar-refractivity contribution in [2.24, 2.45) is 0 Å². The smallest absolute Gasteiger partial charge is 0.233 e. The molecule has 5 heteroatoms. The molecule has 1 amide bonds. The minimum absolute atomic E-state index is 0. The molecule has 2 heterocycles. The summed E-state index contributed by atoms with van der Waals surface area (Å²) in [4.78, 5) is 13.8. The third kappa shape index (κ3) is 1.85. The number of thioether (sulfide) groups is 1. The van der Waals surface area contributed by atoms with Gasteiger partial charge in [0.05, 0.1) is 11.1 Å². The average Bonchev–Trinajstić information content (AvgIpc) is 2.64. The largest absolute Gasteiger partial charge is 0.327 e. The maximum Gasteiger partial charge on any atom is 0.233 e. The van der Waals surface area contributed by atoms with Crippen molar-refractivity contribution in [3.8, 4) is 0 Å². The van der Waals surface area contributed by atoms with Crippen molar-refractivity contribution < 1.29 is 4.79 Å². The normalized spacial score (nSPS) is 32.4. The van der Waals surface area contributed by atoms with E-state index in [0.717, 1.165) is 13.1 Å². The Labute approximate surface area is 107 Å². The Kier molecular flexibility index (Phi) is 3.72. The Morgan fingerprint density at radius 1 is 1.31 bits per heavy atom. The zero-order chi connectivity index (χ0) is 10.3. The average molecular weight is 263 g/mol. The molecule has 1 N–H and O–H groups in total. The van der Waals surface area contributed by atoms with E-state index < -0.39 is 0 Å². The molecule has 1 saturated carbocycles. The zero-order valence-electron chi connectivity index (χ0n) is 9.41. The molecule has 0 aromatic carbocycles. The second kappa shape index (κ2) is 4.75. The fourth-order valence-corrected chi connectivity index (χ4v) is 4.78. The van der Waals surface area contributed by atoms with Gasteiger partial charge in [-0.25, -0.2) is 0 Å². The van der Waals surface area contributed by atoms with E-state index in [4.69, 9.17) is 0 Å². The standard InChI is InChI=1S/C11H18N2OS.ClH/c14-9-8-15-10-11(4-2-1-3-5-11)12-6-7-13(9)10;/h10,12H,1-8H2;1H. The summed E-state index contributed by atoms with van der Waals surface area (Å²) >= 11 is 1.85. The highest BCUT2D eigenvalue weighted by Crippen LogP contribution is 2.42. The lowest BCUT2D eigenvalue weighted by Gasteiger charge is -2.49. The number of halogens is 1. The zero-order valence-corrected chi connectivity index (χ0v) is 11.0. The number of carbonyl (C=O) groups is 1. The van der Waals surface area contributed by atoms with Crippen LogP contribution in [0.2, 0.25) is 0 Å². The topological polar surface area (TPSA) is 32.3 Å². The second-order valence-corrected chi connectivity index (χ2v) is 5.96. The fourth-order valence-electron chi connectivity index (χ4n) is 3.27. The predicted molar refractivity (Wildman–Crippen MR) is 69.0 cm³/mol. The van der Waals surface area contributed by atoms with Crippen LogP contribution in [0.4, 0.5) is 0 Å². The van der Waals surface area contributed by atoms with Crippen LogP contribution in [-0.4, -0.2) is 40.6 Å². The van der Waals surface area contributed by atoms with Crippen LogP contribution in [-0.2, 0) is 4.79 Å². The van der Waals surface area contributed by atoms with Crippen LogP contribution >= 0.6 is 24.2 Å². The lowest BCUT2D eigenvalue weighted by Crippen LogP contribution is -2.65. The highest BCUT2D eigenvalue weighted by molar-refractivity contribution is 8.01. The Morgan fingerprint density at radius 3 is 2.81 bits per heavy atom. The molecule has 3 nitrogen and oxygen atoms in total. The first-order valence-electron chi connectivity index (χ1n) is 5.98. The Hall–Kier alpha value is 0.0700. The van der Waals surface area contributed by atoms with E-state index in [0.29, 0.717) is 17.0 Å². The first-order valence-corrected chi connectivity index (χ1v) is 7.03. The first-order chi connectivity index (χ1) is 7.32. The monoisotopic (exact) mass is 262 g/mol. The maximum absolute atomic E-state index is 11.7. The Bertz CT molecular complexity index is 276. The van der Waals surface area contributed by atoms with Crippen LogP contribution in [0.1, 0.15) is 32.1 Å². The summed E-state index contributed by atoms with van der Waals surface area (Å²) in [5, 5.41) is 4.14. The van der Waals surface area contributed by atoms with Crippen molar-refractivity contribution in [3.05, 3.63) is 0 Å². The van der Waals surface area contributed by atoms with E-state index >= 15 is 0 Å². The quantitative estimate of drug-likeness (QED) is 0.720. The van der Waals surface area contributed by atoms with Gasteiger partial charge in [-0.1, -0.05) is 19.3 Å². The molecule has 1 spiro atoms. The van der Waals surface area contributed by atoms with Gasteiger partial charge in [0.15, 0.2) is 0 Å². The number of piperazine rings is 1. The highest BCUT2D eigenvalue weighted by Gasteiger charge is 2.49. The van der Waals surface area contributed by atoms with E-state index in [1.165, 1.54) is 32.1 Å². The van der Waals surface area contributed by atoms with Gasteiger partial charge < -0.3 is 10.2 Å². The van der Waals surface area contributed by atoms with Crippen molar-refractivity contribution in [3.63, 3.8) is 0 Å². The van der Waals surface area contributed by atoms with E-state index in [1.54, 1.807) is 0 Å². The minimum atomic E-state index is 0. The van der Waals surface area contributed by atoms with Gasteiger partial charge >= 0.3 is 0 Å². The number of fused-ring (bicyclic) bond motifs is 2.